The minimum absolute atomic E-state index is 0. The highest BCUT2D eigenvalue weighted by atomic mass is 79.9. The van der Waals surface area contributed by atoms with Gasteiger partial charge in [-0.05, 0) is 31.2 Å². The summed E-state index contributed by atoms with van der Waals surface area (Å²) in [6.45, 7) is 2.03. The number of hydrogen-bond donors (Lipinski definition) is 1. The number of halogens is 2. The molecule has 0 aromatic heterocycles. The largest absolute Gasteiger partial charge is 0.489 e. The fourth-order valence-electron chi connectivity index (χ4n) is 1.46. The lowest BCUT2D eigenvalue weighted by Crippen LogP contribution is -2.19. The molecule has 0 aliphatic carbocycles. The van der Waals surface area contributed by atoms with E-state index >= 15 is 0 Å². The predicted octanol–water partition coefficient (Wildman–Crippen LogP) is 2.61. The van der Waals surface area contributed by atoms with Crippen LogP contribution < -0.4 is 10.1 Å². The molecule has 2 rings (SSSR count). The van der Waals surface area contributed by atoms with Crippen LogP contribution in [0, 0.1) is 0 Å². The van der Waals surface area contributed by atoms with Crippen LogP contribution >= 0.6 is 28.3 Å². The quantitative estimate of drug-likeness (QED) is 0.898. The first-order chi connectivity index (χ1) is 6.34. The van der Waals surface area contributed by atoms with Crippen molar-refractivity contribution in [1.29, 1.82) is 0 Å². The van der Waals surface area contributed by atoms with Crippen molar-refractivity contribution in [2.45, 2.75) is 12.5 Å². The van der Waals surface area contributed by atoms with Crippen molar-refractivity contribution in [2.24, 2.45) is 0 Å². The van der Waals surface area contributed by atoms with E-state index < -0.39 is 0 Å². The van der Waals surface area contributed by atoms with Crippen molar-refractivity contribution in [3.05, 3.63) is 28.7 Å². The lowest BCUT2D eigenvalue weighted by Gasteiger charge is -2.12. The molecular formula is C10H13BrClNO. The van der Waals surface area contributed by atoms with Crippen molar-refractivity contribution in [3.63, 3.8) is 0 Å². The molecule has 1 fully saturated rings. The van der Waals surface area contributed by atoms with E-state index in [2.05, 4.69) is 21.2 Å². The summed E-state index contributed by atoms with van der Waals surface area (Å²) in [7, 11) is 0. The standard InChI is InChI=1S/C10H12BrNO.ClH/c11-8-2-1-3-9(6-8)13-10-4-5-12-7-10;/h1-3,6,10,12H,4-5,7H2;1H/t10-;/m1./s1. The van der Waals surface area contributed by atoms with Crippen LogP contribution in [0.1, 0.15) is 6.42 Å². The van der Waals surface area contributed by atoms with E-state index in [-0.39, 0.29) is 12.4 Å². The zero-order valence-electron chi connectivity index (χ0n) is 7.70. The highest BCUT2D eigenvalue weighted by Gasteiger charge is 2.15. The Morgan fingerprint density at radius 3 is 2.93 bits per heavy atom. The molecule has 0 radical (unpaired) electrons. The maximum atomic E-state index is 5.76. The van der Waals surface area contributed by atoms with E-state index in [1.165, 1.54) is 0 Å². The molecule has 1 aliphatic heterocycles. The summed E-state index contributed by atoms with van der Waals surface area (Å²) >= 11 is 3.42. The van der Waals surface area contributed by atoms with Gasteiger partial charge >= 0.3 is 0 Å². The molecule has 1 saturated heterocycles. The molecule has 1 atom stereocenters. The van der Waals surface area contributed by atoms with Crippen LogP contribution in [0.4, 0.5) is 0 Å². The summed E-state index contributed by atoms with van der Waals surface area (Å²) in [6, 6.07) is 7.98. The van der Waals surface area contributed by atoms with Crippen LogP contribution in [0.15, 0.2) is 28.7 Å². The summed E-state index contributed by atoms with van der Waals surface area (Å²) in [4.78, 5) is 0. The second-order valence-electron chi connectivity index (χ2n) is 3.19. The summed E-state index contributed by atoms with van der Waals surface area (Å²) in [5, 5.41) is 3.27. The van der Waals surface area contributed by atoms with Crippen LogP contribution in [-0.2, 0) is 0 Å². The van der Waals surface area contributed by atoms with E-state index in [9.17, 15) is 0 Å². The Hall–Kier alpha value is -0.250. The topological polar surface area (TPSA) is 21.3 Å². The van der Waals surface area contributed by atoms with E-state index in [0.717, 1.165) is 29.7 Å². The molecular weight excluding hydrogens is 265 g/mol. The Morgan fingerprint density at radius 1 is 1.43 bits per heavy atom. The highest BCUT2D eigenvalue weighted by molar-refractivity contribution is 9.10. The van der Waals surface area contributed by atoms with Crippen molar-refractivity contribution < 1.29 is 4.74 Å². The summed E-state index contributed by atoms with van der Waals surface area (Å²) in [5.41, 5.74) is 0. The van der Waals surface area contributed by atoms with Gasteiger partial charge in [-0.25, -0.2) is 0 Å². The Morgan fingerprint density at radius 2 is 2.29 bits per heavy atom. The minimum Gasteiger partial charge on any atom is -0.489 e. The Kier molecular flexibility index (Phi) is 4.72. The van der Waals surface area contributed by atoms with Crippen LogP contribution in [-0.4, -0.2) is 19.2 Å². The van der Waals surface area contributed by atoms with Gasteiger partial charge in [-0.15, -0.1) is 12.4 Å². The third-order valence-electron chi connectivity index (χ3n) is 2.11. The van der Waals surface area contributed by atoms with Gasteiger partial charge in [-0.1, -0.05) is 22.0 Å². The van der Waals surface area contributed by atoms with E-state index in [1.54, 1.807) is 0 Å². The number of hydrogen-bond acceptors (Lipinski definition) is 2. The van der Waals surface area contributed by atoms with E-state index in [0.29, 0.717) is 6.10 Å². The summed E-state index contributed by atoms with van der Waals surface area (Å²) in [5.74, 6) is 0.947. The molecule has 0 saturated carbocycles. The average molecular weight is 279 g/mol. The Labute approximate surface area is 98.6 Å². The molecule has 1 heterocycles. The van der Waals surface area contributed by atoms with Gasteiger partial charge in [0.05, 0.1) is 0 Å². The molecule has 1 aromatic carbocycles. The van der Waals surface area contributed by atoms with Gasteiger partial charge in [0, 0.05) is 11.0 Å². The monoisotopic (exact) mass is 277 g/mol. The van der Waals surface area contributed by atoms with Crippen LogP contribution in [0.3, 0.4) is 0 Å². The normalized spacial score (nSPS) is 20.2. The summed E-state index contributed by atoms with van der Waals surface area (Å²) in [6.07, 6.45) is 1.45. The lowest BCUT2D eigenvalue weighted by molar-refractivity contribution is 0.223. The van der Waals surface area contributed by atoms with Crippen molar-refractivity contribution in [1.82, 2.24) is 5.32 Å². The molecule has 1 aromatic rings. The van der Waals surface area contributed by atoms with Crippen molar-refractivity contribution in [2.75, 3.05) is 13.1 Å². The number of ether oxygens (including phenoxy) is 1. The smallest absolute Gasteiger partial charge is 0.120 e. The van der Waals surface area contributed by atoms with Gasteiger partial charge < -0.3 is 10.1 Å². The SMILES string of the molecule is Brc1cccc(O[C@@H]2CCNC2)c1.Cl. The maximum Gasteiger partial charge on any atom is 0.120 e. The molecule has 1 aliphatic rings. The van der Waals surface area contributed by atoms with Gasteiger partial charge in [0.15, 0.2) is 0 Å². The second kappa shape index (κ2) is 5.59. The fourth-order valence-corrected chi connectivity index (χ4v) is 1.84. The van der Waals surface area contributed by atoms with Gasteiger partial charge in [0.2, 0.25) is 0 Å². The number of benzene rings is 1. The van der Waals surface area contributed by atoms with Crippen LogP contribution in [0.2, 0.25) is 0 Å². The van der Waals surface area contributed by atoms with Gasteiger partial charge in [0.1, 0.15) is 11.9 Å². The molecule has 0 unspecified atom stereocenters. The van der Waals surface area contributed by atoms with Crippen molar-refractivity contribution in [3.8, 4) is 5.75 Å². The Balaban J connectivity index is 0.000000980. The molecule has 1 N–H and O–H groups in total. The van der Waals surface area contributed by atoms with Crippen LogP contribution in [0.25, 0.3) is 0 Å². The average Bonchev–Trinajstić information content (AvgIpc) is 2.57. The van der Waals surface area contributed by atoms with Crippen LogP contribution in [0.5, 0.6) is 5.75 Å². The zero-order valence-corrected chi connectivity index (χ0v) is 10.1. The first kappa shape index (κ1) is 11.8. The second-order valence-corrected chi connectivity index (χ2v) is 4.11. The maximum absolute atomic E-state index is 5.76. The molecule has 0 amide bonds. The minimum atomic E-state index is 0. The third kappa shape index (κ3) is 3.15. The first-order valence-electron chi connectivity index (χ1n) is 4.47. The van der Waals surface area contributed by atoms with Gasteiger partial charge in [-0.2, -0.15) is 0 Å². The molecule has 78 valence electrons. The molecule has 0 bridgehead atoms. The fraction of sp³-hybridized carbons (Fsp3) is 0.400. The van der Waals surface area contributed by atoms with Crippen molar-refractivity contribution >= 4 is 28.3 Å². The zero-order chi connectivity index (χ0) is 9.10. The van der Waals surface area contributed by atoms with Gasteiger partial charge in [0.25, 0.3) is 0 Å². The van der Waals surface area contributed by atoms with E-state index in [4.69, 9.17) is 4.74 Å². The molecule has 2 nitrogen and oxygen atoms in total. The lowest BCUT2D eigenvalue weighted by atomic mass is 10.3. The highest BCUT2D eigenvalue weighted by Crippen LogP contribution is 2.20. The van der Waals surface area contributed by atoms with Gasteiger partial charge in [-0.3, -0.25) is 0 Å². The molecule has 14 heavy (non-hydrogen) atoms. The predicted molar refractivity (Wildman–Crippen MR) is 63.3 cm³/mol. The van der Waals surface area contributed by atoms with E-state index in [1.807, 2.05) is 24.3 Å². The summed E-state index contributed by atoms with van der Waals surface area (Å²) < 4.78 is 6.83. The number of rotatable bonds is 2. The third-order valence-corrected chi connectivity index (χ3v) is 2.61. The first-order valence-corrected chi connectivity index (χ1v) is 5.27. The number of nitrogens with one attached hydrogen (secondary N) is 1. The Bertz CT molecular complexity index is 289. The molecule has 0 spiro atoms. The molecule has 4 heteroatoms.